The summed E-state index contributed by atoms with van der Waals surface area (Å²) in [4.78, 5) is 30.5. The number of hydrogen-bond acceptors (Lipinski definition) is 4. The molecule has 0 aromatic heterocycles. The largest absolute Gasteiger partial charge is 0.494 e. The Hall–Kier alpha value is -3.08. The predicted molar refractivity (Wildman–Crippen MR) is 126 cm³/mol. The second-order valence-corrected chi connectivity index (χ2v) is 8.51. The van der Waals surface area contributed by atoms with Crippen LogP contribution in [-0.2, 0) is 22.6 Å². The lowest BCUT2D eigenvalue weighted by atomic mass is 9.98. The average molecular weight is 433 g/mol. The summed E-state index contributed by atoms with van der Waals surface area (Å²) in [7, 11) is 0. The van der Waals surface area contributed by atoms with Crippen LogP contribution < -0.4 is 4.74 Å². The normalized spacial score (nSPS) is 16.1. The molecule has 2 aromatic carbocycles. The Morgan fingerprint density at radius 2 is 1.62 bits per heavy atom. The number of carbonyl (C=O) groups excluding carboxylic acids is 2. The van der Waals surface area contributed by atoms with Gasteiger partial charge >= 0.3 is 0 Å². The first-order chi connectivity index (χ1) is 15.6. The molecule has 5 heteroatoms. The molecule has 0 fully saturated rings. The van der Waals surface area contributed by atoms with Gasteiger partial charge in [0, 0.05) is 19.6 Å². The number of imide groups is 1. The molecule has 4 rings (SSSR count). The molecule has 0 unspecified atom stereocenters. The fraction of sp³-hybridized carbons (Fsp3) is 0.407. The van der Waals surface area contributed by atoms with Crippen LogP contribution in [-0.4, -0.2) is 41.3 Å². The van der Waals surface area contributed by atoms with Crippen molar-refractivity contribution in [2.45, 2.75) is 52.5 Å². The Labute approximate surface area is 190 Å². The third-order valence-electron chi connectivity index (χ3n) is 6.19. The van der Waals surface area contributed by atoms with E-state index in [1.807, 2.05) is 30.3 Å². The minimum atomic E-state index is -0.179. The van der Waals surface area contributed by atoms with Crippen LogP contribution in [0.1, 0.15) is 56.2 Å². The van der Waals surface area contributed by atoms with Crippen molar-refractivity contribution in [2.75, 3.05) is 19.7 Å². The maximum absolute atomic E-state index is 13.5. The molecule has 0 saturated heterocycles. The standard InChI is InChI=1S/C27H32N2O3/c1-3-5-8-16-29-26(30)24(21-11-13-23(14-12-21)32-18-4-2)25(27(29)31)28-17-15-20-9-6-7-10-22(20)19-28/h6-7,9-14H,3-5,8,15-19H2,1-2H3. The smallest absolute Gasteiger partial charge is 0.277 e. The zero-order valence-corrected chi connectivity index (χ0v) is 19.1. The van der Waals surface area contributed by atoms with Gasteiger partial charge in [0.25, 0.3) is 11.8 Å². The third-order valence-corrected chi connectivity index (χ3v) is 6.19. The highest BCUT2D eigenvalue weighted by molar-refractivity contribution is 6.35. The molecule has 0 radical (unpaired) electrons. The Bertz CT molecular complexity index is 1010. The summed E-state index contributed by atoms with van der Waals surface area (Å²) >= 11 is 0. The van der Waals surface area contributed by atoms with Crippen LogP contribution in [0.15, 0.2) is 54.2 Å². The fourth-order valence-electron chi connectivity index (χ4n) is 4.46. The molecule has 2 heterocycles. The first-order valence-corrected chi connectivity index (χ1v) is 11.8. The average Bonchev–Trinajstić information content (AvgIpc) is 3.07. The number of rotatable bonds is 9. The van der Waals surface area contributed by atoms with E-state index >= 15 is 0 Å². The van der Waals surface area contributed by atoms with Crippen molar-refractivity contribution < 1.29 is 14.3 Å². The van der Waals surface area contributed by atoms with Gasteiger partial charge in [-0.3, -0.25) is 14.5 Å². The number of hydrogen-bond donors (Lipinski definition) is 0. The molecule has 0 N–H and O–H groups in total. The molecule has 0 saturated carbocycles. The lowest BCUT2D eigenvalue weighted by molar-refractivity contribution is -0.137. The van der Waals surface area contributed by atoms with Crippen molar-refractivity contribution in [1.82, 2.24) is 9.80 Å². The van der Waals surface area contributed by atoms with Crippen molar-refractivity contribution in [1.29, 1.82) is 0 Å². The first-order valence-electron chi connectivity index (χ1n) is 11.8. The third kappa shape index (κ3) is 4.43. The molecule has 0 spiro atoms. The highest BCUT2D eigenvalue weighted by Gasteiger charge is 2.41. The fourth-order valence-corrected chi connectivity index (χ4v) is 4.46. The van der Waals surface area contributed by atoms with E-state index in [1.54, 1.807) is 0 Å². The predicted octanol–water partition coefficient (Wildman–Crippen LogP) is 4.80. The zero-order chi connectivity index (χ0) is 22.5. The maximum Gasteiger partial charge on any atom is 0.277 e. The summed E-state index contributed by atoms with van der Waals surface area (Å²) in [5.41, 5.74) is 4.38. The summed E-state index contributed by atoms with van der Waals surface area (Å²) in [6.45, 7) is 6.70. The zero-order valence-electron chi connectivity index (χ0n) is 19.1. The minimum absolute atomic E-state index is 0.160. The molecule has 5 nitrogen and oxygen atoms in total. The van der Waals surface area contributed by atoms with Gasteiger partial charge in [-0.1, -0.05) is 63.1 Å². The number of carbonyl (C=O) groups is 2. The Morgan fingerprint density at radius 1 is 0.875 bits per heavy atom. The molecule has 32 heavy (non-hydrogen) atoms. The molecular formula is C27H32N2O3. The van der Waals surface area contributed by atoms with Crippen molar-refractivity contribution in [3.05, 3.63) is 70.9 Å². The molecule has 0 bridgehead atoms. The van der Waals surface area contributed by atoms with Gasteiger partial charge in [-0.05, 0) is 48.1 Å². The van der Waals surface area contributed by atoms with E-state index in [0.29, 0.717) is 31.0 Å². The number of benzene rings is 2. The maximum atomic E-state index is 13.5. The summed E-state index contributed by atoms with van der Waals surface area (Å²) in [5.74, 6) is 0.440. The van der Waals surface area contributed by atoms with Crippen molar-refractivity contribution in [3.8, 4) is 5.75 Å². The van der Waals surface area contributed by atoms with Crippen LogP contribution in [0, 0.1) is 0 Å². The summed E-state index contributed by atoms with van der Waals surface area (Å²) in [6, 6.07) is 15.9. The minimum Gasteiger partial charge on any atom is -0.494 e. The first kappa shape index (κ1) is 22.1. The number of nitrogens with zero attached hydrogens (tertiary/aromatic N) is 2. The summed E-state index contributed by atoms with van der Waals surface area (Å²) < 4.78 is 5.70. The van der Waals surface area contributed by atoms with Crippen LogP contribution in [0.25, 0.3) is 5.57 Å². The van der Waals surface area contributed by atoms with Gasteiger partial charge in [0.05, 0.1) is 12.2 Å². The highest BCUT2D eigenvalue weighted by Crippen LogP contribution is 2.35. The van der Waals surface area contributed by atoms with Gasteiger partial charge in [-0.25, -0.2) is 0 Å². The van der Waals surface area contributed by atoms with Crippen LogP contribution in [0.5, 0.6) is 5.75 Å². The van der Waals surface area contributed by atoms with Gasteiger partial charge in [0.2, 0.25) is 0 Å². The van der Waals surface area contributed by atoms with E-state index in [2.05, 4.69) is 36.9 Å². The van der Waals surface area contributed by atoms with Crippen LogP contribution >= 0.6 is 0 Å². The van der Waals surface area contributed by atoms with Crippen molar-refractivity contribution >= 4 is 17.4 Å². The van der Waals surface area contributed by atoms with E-state index in [1.165, 1.54) is 16.0 Å². The quantitative estimate of drug-likeness (QED) is 0.422. The molecule has 2 aromatic rings. The number of ether oxygens (including phenoxy) is 1. The van der Waals surface area contributed by atoms with Crippen molar-refractivity contribution in [2.24, 2.45) is 0 Å². The molecule has 2 aliphatic rings. The van der Waals surface area contributed by atoms with Gasteiger partial charge in [-0.2, -0.15) is 0 Å². The van der Waals surface area contributed by atoms with Gasteiger partial charge in [-0.15, -0.1) is 0 Å². The van der Waals surface area contributed by atoms with E-state index in [9.17, 15) is 9.59 Å². The van der Waals surface area contributed by atoms with Crippen LogP contribution in [0.3, 0.4) is 0 Å². The number of fused-ring (bicyclic) bond motifs is 1. The molecular weight excluding hydrogens is 400 g/mol. The second kappa shape index (κ2) is 10.0. The highest BCUT2D eigenvalue weighted by atomic mass is 16.5. The summed E-state index contributed by atoms with van der Waals surface area (Å²) in [6.07, 6.45) is 4.69. The van der Waals surface area contributed by atoms with Gasteiger partial charge in [0.15, 0.2) is 0 Å². The van der Waals surface area contributed by atoms with Crippen molar-refractivity contribution in [3.63, 3.8) is 0 Å². The van der Waals surface area contributed by atoms with Crippen LogP contribution in [0.4, 0.5) is 0 Å². The molecule has 2 amide bonds. The number of amides is 2. The van der Waals surface area contributed by atoms with E-state index < -0.39 is 0 Å². The topological polar surface area (TPSA) is 49.9 Å². The van der Waals surface area contributed by atoms with E-state index in [-0.39, 0.29) is 11.8 Å². The van der Waals surface area contributed by atoms with Gasteiger partial charge in [0.1, 0.15) is 11.4 Å². The molecule has 0 aliphatic carbocycles. The lowest BCUT2D eigenvalue weighted by Crippen LogP contribution is -2.37. The monoisotopic (exact) mass is 432 g/mol. The van der Waals surface area contributed by atoms with Gasteiger partial charge < -0.3 is 9.64 Å². The number of unbranched alkanes of at least 4 members (excludes halogenated alkanes) is 2. The Kier molecular flexibility index (Phi) is 6.93. The lowest BCUT2D eigenvalue weighted by Gasteiger charge is -2.31. The SMILES string of the molecule is CCCCCN1C(=O)C(c2ccc(OCCC)cc2)=C(N2CCc3ccccc3C2)C1=O. The molecule has 2 aliphatic heterocycles. The Morgan fingerprint density at radius 3 is 2.34 bits per heavy atom. The second-order valence-electron chi connectivity index (χ2n) is 8.51. The Balaban J connectivity index is 1.68. The van der Waals surface area contributed by atoms with E-state index in [4.69, 9.17) is 4.74 Å². The summed E-state index contributed by atoms with van der Waals surface area (Å²) in [5, 5.41) is 0. The van der Waals surface area contributed by atoms with E-state index in [0.717, 1.165) is 50.0 Å². The molecule has 168 valence electrons. The van der Waals surface area contributed by atoms with Crippen LogP contribution in [0.2, 0.25) is 0 Å². The molecule has 0 atom stereocenters.